The topological polar surface area (TPSA) is 49.5 Å². The standard InChI is InChI=1S/C22H32N2O/c1-21(2)10-8-15(9-11-21)19-12-16(4-7-20(19)23)22(25)13-17-5-6-18(14-22)24(17)3/h4,7-8,12,17-18,25H,5-6,9-11,13-14,23H2,1-3H3. The molecule has 2 saturated heterocycles. The number of benzene rings is 1. The molecule has 25 heavy (non-hydrogen) atoms. The number of anilines is 1. The molecule has 2 heterocycles. The van der Waals surface area contributed by atoms with E-state index in [1.807, 2.05) is 6.07 Å². The molecule has 0 aromatic heterocycles. The van der Waals surface area contributed by atoms with E-state index in [4.69, 9.17) is 5.73 Å². The van der Waals surface area contributed by atoms with E-state index in [-0.39, 0.29) is 0 Å². The molecule has 1 aromatic rings. The number of hydrogen-bond acceptors (Lipinski definition) is 3. The van der Waals surface area contributed by atoms with Crippen LogP contribution in [0.25, 0.3) is 5.57 Å². The predicted octanol–water partition coefficient (Wildman–Crippen LogP) is 4.31. The highest BCUT2D eigenvalue weighted by molar-refractivity contribution is 5.76. The normalized spacial score (nSPS) is 34.8. The summed E-state index contributed by atoms with van der Waals surface area (Å²) in [6.45, 7) is 4.66. The van der Waals surface area contributed by atoms with Crippen LogP contribution in [0.15, 0.2) is 24.3 Å². The zero-order chi connectivity index (χ0) is 17.8. The van der Waals surface area contributed by atoms with Gasteiger partial charge in [-0.05, 0) is 80.7 Å². The van der Waals surface area contributed by atoms with Crippen LogP contribution in [0.5, 0.6) is 0 Å². The number of nitrogen functional groups attached to an aromatic ring is 1. The molecular weight excluding hydrogens is 308 g/mol. The number of allylic oxidation sites excluding steroid dienone is 2. The molecule has 3 nitrogen and oxygen atoms in total. The van der Waals surface area contributed by atoms with Crippen LogP contribution in [0.4, 0.5) is 5.69 Å². The molecule has 4 rings (SSSR count). The Labute approximate surface area is 151 Å². The molecular formula is C22H32N2O. The maximum Gasteiger partial charge on any atom is 0.0926 e. The highest BCUT2D eigenvalue weighted by Gasteiger charge is 2.46. The highest BCUT2D eigenvalue weighted by Crippen LogP contribution is 2.46. The molecule has 1 aromatic carbocycles. The molecule has 3 heteroatoms. The fourth-order valence-electron chi connectivity index (χ4n) is 5.13. The van der Waals surface area contributed by atoms with Crippen molar-refractivity contribution < 1.29 is 5.11 Å². The molecule has 0 saturated carbocycles. The van der Waals surface area contributed by atoms with E-state index in [0.29, 0.717) is 17.5 Å². The summed E-state index contributed by atoms with van der Waals surface area (Å²) >= 11 is 0. The maximum absolute atomic E-state index is 11.5. The van der Waals surface area contributed by atoms with Crippen molar-refractivity contribution in [1.82, 2.24) is 4.90 Å². The Morgan fingerprint density at radius 3 is 2.44 bits per heavy atom. The Morgan fingerprint density at radius 2 is 1.84 bits per heavy atom. The van der Waals surface area contributed by atoms with Crippen LogP contribution in [-0.2, 0) is 5.60 Å². The van der Waals surface area contributed by atoms with Gasteiger partial charge in [-0.25, -0.2) is 0 Å². The van der Waals surface area contributed by atoms with Crippen molar-refractivity contribution in [3.8, 4) is 0 Å². The lowest BCUT2D eigenvalue weighted by atomic mass is 9.75. The highest BCUT2D eigenvalue weighted by atomic mass is 16.3. The van der Waals surface area contributed by atoms with Crippen LogP contribution in [0.2, 0.25) is 0 Å². The third-order valence-corrected chi connectivity index (χ3v) is 7.04. The predicted molar refractivity (Wildman–Crippen MR) is 104 cm³/mol. The minimum atomic E-state index is -0.699. The van der Waals surface area contributed by atoms with E-state index in [1.54, 1.807) is 0 Å². The Hall–Kier alpha value is -1.32. The van der Waals surface area contributed by atoms with Gasteiger partial charge in [-0.3, -0.25) is 0 Å². The lowest BCUT2D eigenvalue weighted by molar-refractivity contribution is -0.0493. The van der Waals surface area contributed by atoms with Gasteiger partial charge in [0.1, 0.15) is 0 Å². The van der Waals surface area contributed by atoms with Crippen molar-refractivity contribution >= 4 is 11.3 Å². The van der Waals surface area contributed by atoms with Gasteiger partial charge >= 0.3 is 0 Å². The summed E-state index contributed by atoms with van der Waals surface area (Å²) in [6, 6.07) is 7.27. The third-order valence-electron chi connectivity index (χ3n) is 7.04. The van der Waals surface area contributed by atoms with Crippen molar-refractivity contribution in [3.63, 3.8) is 0 Å². The average molecular weight is 341 g/mol. The minimum Gasteiger partial charge on any atom is -0.398 e. The van der Waals surface area contributed by atoms with Crippen molar-refractivity contribution in [1.29, 1.82) is 0 Å². The van der Waals surface area contributed by atoms with Crippen LogP contribution in [0.1, 0.15) is 69.9 Å². The Balaban J connectivity index is 1.65. The fraction of sp³-hybridized carbons (Fsp3) is 0.636. The third kappa shape index (κ3) is 3.02. The minimum absolute atomic E-state index is 0.390. The van der Waals surface area contributed by atoms with Gasteiger partial charge in [0, 0.05) is 23.3 Å². The summed E-state index contributed by atoms with van der Waals surface area (Å²) in [5.74, 6) is 0. The second-order valence-electron chi connectivity index (χ2n) is 9.39. The quantitative estimate of drug-likeness (QED) is 0.789. The molecule has 2 aliphatic heterocycles. The first-order chi connectivity index (χ1) is 11.8. The van der Waals surface area contributed by atoms with Gasteiger partial charge < -0.3 is 15.7 Å². The Kier molecular flexibility index (Phi) is 4.01. The van der Waals surface area contributed by atoms with Gasteiger partial charge in [0.05, 0.1) is 5.60 Å². The second kappa shape index (κ2) is 5.85. The van der Waals surface area contributed by atoms with Crippen molar-refractivity contribution in [2.75, 3.05) is 12.8 Å². The van der Waals surface area contributed by atoms with Gasteiger partial charge in [0.2, 0.25) is 0 Å². The molecule has 136 valence electrons. The fourth-order valence-corrected chi connectivity index (χ4v) is 5.13. The first kappa shape index (κ1) is 17.1. The van der Waals surface area contributed by atoms with Gasteiger partial charge in [-0.1, -0.05) is 26.0 Å². The van der Waals surface area contributed by atoms with Crippen LogP contribution < -0.4 is 5.73 Å². The summed E-state index contributed by atoms with van der Waals surface area (Å²) in [4.78, 5) is 2.47. The zero-order valence-corrected chi connectivity index (χ0v) is 15.9. The smallest absolute Gasteiger partial charge is 0.0926 e. The van der Waals surface area contributed by atoms with Gasteiger partial charge in [0.25, 0.3) is 0 Å². The van der Waals surface area contributed by atoms with Crippen LogP contribution in [-0.4, -0.2) is 29.1 Å². The second-order valence-corrected chi connectivity index (χ2v) is 9.39. The number of piperidine rings is 1. The Bertz CT molecular complexity index is 692. The molecule has 1 aliphatic carbocycles. The van der Waals surface area contributed by atoms with Crippen molar-refractivity contribution in [2.24, 2.45) is 5.41 Å². The SMILES string of the molecule is CN1C2CCC1CC(O)(c1ccc(N)c(C3=CCC(C)(C)CC3)c1)C2. The number of nitrogens with two attached hydrogens (primary N) is 1. The van der Waals surface area contributed by atoms with Crippen LogP contribution in [0.3, 0.4) is 0 Å². The molecule has 3 aliphatic rings. The molecule has 2 atom stereocenters. The number of fused-ring (bicyclic) bond motifs is 2. The molecule has 0 amide bonds. The van der Waals surface area contributed by atoms with Crippen LogP contribution >= 0.6 is 0 Å². The summed E-state index contributed by atoms with van der Waals surface area (Å²) in [6.07, 6.45) is 9.85. The van der Waals surface area contributed by atoms with Gasteiger partial charge in [0.15, 0.2) is 0 Å². The van der Waals surface area contributed by atoms with Gasteiger partial charge in [-0.2, -0.15) is 0 Å². The lowest BCUT2D eigenvalue weighted by Gasteiger charge is -2.42. The molecule has 2 unspecified atom stereocenters. The molecule has 2 fully saturated rings. The molecule has 3 N–H and O–H groups in total. The van der Waals surface area contributed by atoms with Crippen LogP contribution in [0, 0.1) is 5.41 Å². The number of nitrogens with zero attached hydrogens (tertiary/aromatic N) is 1. The van der Waals surface area contributed by atoms with Crippen molar-refractivity contribution in [3.05, 3.63) is 35.4 Å². The first-order valence-electron chi connectivity index (χ1n) is 9.81. The average Bonchev–Trinajstić information content (AvgIpc) is 2.78. The van der Waals surface area contributed by atoms with E-state index in [0.717, 1.165) is 42.5 Å². The summed E-state index contributed by atoms with van der Waals surface area (Å²) in [5.41, 5.74) is 10.4. The largest absolute Gasteiger partial charge is 0.398 e. The van der Waals surface area contributed by atoms with E-state index >= 15 is 0 Å². The maximum atomic E-state index is 11.5. The van der Waals surface area contributed by atoms with Crippen molar-refractivity contribution in [2.45, 2.75) is 76.5 Å². The summed E-state index contributed by atoms with van der Waals surface area (Å²) in [5, 5.41) is 11.5. The lowest BCUT2D eigenvalue weighted by Crippen LogP contribution is -2.47. The number of rotatable bonds is 2. The van der Waals surface area contributed by atoms with E-state index in [1.165, 1.54) is 24.8 Å². The van der Waals surface area contributed by atoms with E-state index < -0.39 is 5.60 Å². The van der Waals surface area contributed by atoms with E-state index in [2.05, 4.69) is 44.0 Å². The monoisotopic (exact) mass is 340 g/mol. The molecule has 0 radical (unpaired) electrons. The zero-order valence-electron chi connectivity index (χ0n) is 15.9. The van der Waals surface area contributed by atoms with Gasteiger partial charge in [-0.15, -0.1) is 0 Å². The molecule has 2 bridgehead atoms. The van der Waals surface area contributed by atoms with E-state index in [9.17, 15) is 5.11 Å². The molecule has 0 spiro atoms. The Morgan fingerprint density at radius 1 is 1.16 bits per heavy atom. The first-order valence-corrected chi connectivity index (χ1v) is 9.81. The summed E-state index contributed by atoms with van der Waals surface area (Å²) < 4.78 is 0. The number of hydrogen-bond donors (Lipinski definition) is 2. The summed E-state index contributed by atoms with van der Waals surface area (Å²) in [7, 11) is 2.21. The number of aliphatic hydroxyl groups is 1.